The smallest absolute Gasteiger partial charge is 0.457 e. The maximum atomic E-state index is 12.4. The monoisotopic (exact) mass is 591 g/mol. The van der Waals surface area contributed by atoms with Gasteiger partial charge in [-0.3, -0.25) is 13.8 Å². The zero-order chi connectivity index (χ0) is 29.6. The Bertz CT molecular complexity index is 633. The number of ether oxygens (including phenoxy) is 2. The molecule has 0 fully saturated rings. The summed E-state index contributed by atoms with van der Waals surface area (Å²) < 4.78 is 33.1. The van der Waals surface area contributed by atoms with Gasteiger partial charge in [-0.2, -0.15) is 0 Å². The highest BCUT2D eigenvalue weighted by Crippen LogP contribution is 2.43. The molecule has 0 spiro atoms. The molecule has 0 amide bonds. The zero-order valence-corrected chi connectivity index (χ0v) is 26.7. The molecule has 0 radical (unpaired) electrons. The molecule has 0 heterocycles. The van der Waals surface area contributed by atoms with Crippen molar-refractivity contribution in [2.75, 3.05) is 33.0 Å². The van der Waals surface area contributed by atoms with E-state index in [-0.39, 0.29) is 32.3 Å². The second-order valence-corrected chi connectivity index (χ2v) is 12.1. The second-order valence-electron chi connectivity index (χ2n) is 10.7. The summed E-state index contributed by atoms with van der Waals surface area (Å²) in [7, 11) is -4.26. The number of nitrogens with two attached hydrogens (primary N) is 1. The Morgan fingerprint density at radius 1 is 0.725 bits per heavy atom. The molecule has 0 saturated carbocycles. The second kappa shape index (κ2) is 29.7. The maximum Gasteiger partial charge on any atom is 0.472 e. The molecule has 2 atom stereocenters. The first-order chi connectivity index (χ1) is 19.4. The van der Waals surface area contributed by atoms with Gasteiger partial charge in [0.25, 0.3) is 0 Å². The zero-order valence-electron chi connectivity index (χ0n) is 25.8. The summed E-state index contributed by atoms with van der Waals surface area (Å²) in [6.45, 7) is 4.84. The van der Waals surface area contributed by atoms with Crippen LogP contribution >= 0.6 is 7.82 Å². The van der Waals surface area contributed by atoms with E-state index in [2.05, 4.69) is 26.0 Å². The molecular weight excluding hydrogens is 529 g/mol. The van der Waals surface area contributed by atoms with Crippen molar-refractivity contribution < 1.29 is 32.8 Å². The van der Waals surface area contributed by atoms with E-state index in [0.29, 0.717) is 13.0 Å². The predicted molar refractivity (Wildman–Crippen MR) is 164 cm³/mol. The third-order valence-corrected chi connectivity index (χ3v) is 7.65. The van der Waals surface area contributed by atoms with Crippen molar-refractivity contribution >= 4 is 13.8 Å². The first-order valence-electron chi connectivity index (χ1n) is 16.2. The van der Waals surface area contributed by atoms with Gasteiger partial charge in [-0.1, -0.05) is 116 Å². The number of unbranched alkanes of at least 4 members (excludes halogenated alkanes) is 16. The van der Waals surface area contributed by atoms with Crippen molar-refractivity contribution in [2.24, 2.45) is 5.73 Å². The van der Waals surface area contributed by atoms with Crippen LogP contribution in [0, 0.1) is 0 Å². The summed E-state index contributed by atoms with van der Waals surface area (Å²) in [4.78, 5) is 22.2. The fraction of sp³-hybridized carbons (Fsp3) is 0.903. The topological polar surface area (TPSA) is 117 Å². The Hall–Kier alpha value is -0.760. The van der Waals surface area contributed by atoms with E-state index in [0.717, 1.165) is 51.4 Å². The minimum atomic E-state index is -4.26. The van der Waals surface area contributed by atoms with Gasteiger partial charge in [-0.25, -0.2) is 4.57 Å². The molecule has 2 unspecified atom stereocenters. The van der Waals surface area contributed by atoms with Crippen LogP contribution in [0.2, 0.25) is 0 Å². The maximum absolute atomic E-state index is 12.4. The summed E-state index contributed by atoms with van der Waals surface area (Å²) in [6, 6.07) is 0. The minimum Gasteiger partial charge on any atom is -0.457 e. The van der Waals surface area contributed by atoms with Gasteiger partial charge in [0.1, 0.15) is 6.10 Å². The highest BCUT2D eigenvalue weighted by atomic mass is 31.2. The van der Waals surface area contributed by atoms with Crippen molar-refractivity contribution in [3.8, 4) is 0 Å². The normalized spacial score (nSPS) is 14.0. The van der Waals surface area contributed by atoms with E-state index in [1.54, 1.807) is 0 Å². The van der Waals surface area contributed by atoms with Crippen LogP contribution in [0.4, 0.5) is 0 Å². The number of carbonyl (C=O) groups excluding carboxylic acids is 1. The SMILES string of the molecule is CCC/C=C\CCCCCCCC(=O)OC(COCCCCCCCCCCCCC)COP(=O)(O)OCCN. The van der Waals surface area contributed by atoms with Crippen LogP contribution in [0.25, 0.3) is 0 Å². The summed E-state index contributed by atoms with van der Waals surface area (Å²) in [5.74, 6) is -0.343. The van der Waals surface area contributed by atoms with Crippen LogP contribution < -0.4 is 5.73 Å². The Morgan fingerprint density at radius 3 is 1.93 bits per heavy atom. The quantitative estimate of drug-likeness (QED) is 0.0357. The van der Waals surface area contributed by atoms with E-state index >= 15 is 0 Å². The van der Waals surface area contributed by atoms with Crippen LogP contribution in [-0.2, 0) is 27.9 Å². The van der Waals surface area contributed by atoms with Gasteiger partial charge in [0.05, 0.1) is 19.8 Å². The van der Waals surface area contributed by atoms with Crippen molar-refractivity contribution in [3.05, 3.63) is 12.2 Å². The molecule has 0 aromatic carbocycles. The van der Waals surface area contributed by atoms with E-state index < -0.39 is 13.9 Å². The van der Waals surface area contributed by atoms with Gasteiger partial charge in [0.2, 0.25) is 0 Å². The number of phosphoric acid groups is 1. The van der Waals surface area contributed by atoms with E-state index in [9.17, 15) is 14.3 Å². The Morgan fingerprint density at radius 2 is 1.30 bits per heavy atom. The number of esters is 1. The van der Waals surface area contributed by atoms with E-state index in [1.165, 1.54) is 70.6 Å². The molecule has 0 aliphatic rings. The molecular formula is C31H62NO7P. The molecule has 0 saturated heterocycles. The van der Waals surface area contributed by atoms with E-state index in [4.69, 9.17) is 24.3 Å². The number of phosphoric ester groups is 1. The lowest BCUT2D eigenvalue weighted by Crippen LogP contribution is -2.28. The van der Waals surface area contributed by atoms with Crippen molar-refractivity contribution in [2.45, 2.75) is 148 Å². The highest BCUT2D eigenvalue weighted by Gasteiger charge is 2.25. The molecule has 0 rings (SSSR count). The van der Waals surface area contributed by atoms with E-state index in [1.807, 2.05) is 0 Å². The number of allylic oxidation sites excluding steroid dienone is 2. The molecule has 40 heavy (non-hydrogen) atoms. The highest BCUT2D eigenvalue weighted by molar-refractivity contribution is 7.47. The molecule has 8 nitrogen and oxygen atoms in total. The fourth-order valence-corrected chi connectivity index (χ4v) is 5.06. The van der Waals surface area contributed by atoms with Gasteiger partial charge in [-0.15, -0.1) is 0 Å². The van der Waals surface area contributed by atoms with Gasteiger partial charge < -0.3 is 20.1 Å². The molecule has 0 aliphatic heterocycles. The summed E-state index contributed by atoms with van der Waals surface area (Å²) in [6.07, 6.45) is 26.5. The van der Waals surface area contributed by atoms with Crippen LogP contribution in [0.3, 0.4) is 0 Å². The molecule has 0 aliphatic carbocycles. The van der Waals surface area contributed by atoms with Gasteiger partial charge in [0, 0.05) is 19.6 Å². The van der Waals surface area contributed by atoms with Gasteiger partial charge in [-0.05, 0) is 32.1 Å². The van der Waals surface area contributed by atoms with Crippen molar-refractivity contribution in [3.63, 3.8) is 0 Å². The summed E-state index contributed by atoms with van der Waals surface area (Å²) in [5, 5.41) is 0. The third-order valence-electron chi connectivity index (χ3n) is 6.66. The molecule has 0 aromatic rings. The Balaban J connectivity index is 4.16. The van der Waals surface area contributed by atoms with Crippen molar-refractivity contribution in [1.29, 1.82) is 0 Å². The third kappa shape index (κ3) is 28.8. The van der Waals surface area contributed by atoms with Crippen molar-refractivity contribution in [1.82, 2.24) is 0 Å². The fourth-order valence-electron chi connectivity index (χ4n) is 4.29. The average molecular weight is 592 g/mol. The minimum absolute atomic E-state index is 0.0946. The lowest BCUT2D eigenvalue weighted by molar-refractivity contribution is -0.154. The van der Waals surface area contributed by atoms with Gasteiger partial charge >= 0.3 is 13.8 Å². The average Bonchev–Trinajstić information content (AvgIpc) is 2.94. The molecule has 3 N–H and O–H groups in total. The standard InChI is InChI=1S/C31H62NO7P/c1-3-5-7-9-11-13-15-17-19-21-23-26-36-28-30(29-38-40(34,35)37-27-25-32)39-31(33)24-22-20-18-16-14-12-10-8-6-4-2/h8,10,30H,3-7,9,11-29,32H2,1-2H3,(H,34,35)/b10-8-. The van der Waals surface area contributed by atoms with Crippen LogP contribution in [0.1, 0.15) is 142 Å². The molecule has 0 bridgehead atoms. The summed E-state index contributed by atoms with van der Waals surface area (Å²) in [5.41, 5.74) is 5.32. The van der Waals surface area contributed by atoms with Gasteiger partial charge in [0.15, 0.2) is 0 Å². The van der Waals surface area contributed by atoms with Crippen LogP contribution in [0.5, 0.6) is 0 Å². The number of hydrogen-bond acceptors (Lipinski definition) is 7. The predicted octanol–water partition coefficient (Wildman–Crippen LogP) is 8.41. The Labute approximate surface area is 245 Å². The number of carbonyl (C=O) groups is 1. The molecule has 238 valence electrons. The Kier molecular flexibility index (Phi) is 29.2. The number of hydrogen-bond donors (Lipinski definition) is 2. The first-order valence-corrected chi connectivity index (χ1v) is 17.7. The number of rotatable bonds is 31. The van der Waals surface area contributed by atoms with Crippen LogP contribution in [0.15, 0.2) is 12.2 Å². The van der Waals surface area contributed by atoms with Crippen LogP contribution in [-0.4, -0.2) is 49.9 Å². The lowest BCUT2D eigenvalue weighted by atomic mass is 10.1. The largest absolute Gasteiger partial charge is 0.472 e. The lowest BCUT2D eigenvalue weighted by Gasteiger charge is -2.20. The summed E-state index contributed by atoms with van der Waals surface area (Å²) >= 11 is 0. The molecule has 9 heteroatoms. The molecule has 0 aromatic heterocycles. The first kappa shape index (κ1) is 39.2.